The predicted octanol–water partition coefficient (Wildman–Crippen LogP) is 1.55. The normalized spacial score (nSPS) is 16.6. The Balaban J connectivity index is 2.13. The summed E-state index contributed by atoms with van der Waals surface area (Å²) in [5.41, 5.74) is 1.54. The lowest BCUT2D eigenvalue weighted by molar-refractivity contribution is 0.312. The lowest BCUT2D eigenvalue weighted by atomic mass is 10.1. The van der Waals surface area contributed by atoms with Crippen LogP contribution in [-0.2, 0) is 0 Å². The second kappa shape index (κ2) is 5.17. The van der Waals surface area contributed by atoms with Crippen LogP contribution in [0.2, 0.25) is 0 Å². The van der Waals surface area contributed by atoms with Crippen LogP contribution in [-0.4, -0.2) is 45.2 Å². The van der Waals surface area contributed by atoms with E-state index in [9.17, 15) is 4.79 Å². The molecule has 2 heterocycles. The van der Waals surface area contributed by atoms with Gasteiger partial charge in [-0.2, -0.15) is 0 Å². The van der Waals surface area contributed by atoms with Crippen molar-refractivity contribution in [2.75, 3.05) is 45.2 Å². The number of fused-ring (bicyclic) bond motifs is 1. The minimum absolute atomic E-state index is 0.0412. The van der Waals surface area contributed by atoms with Gasteiger partial charge in [0.05, 0.1) is 24.4 Å². The van der Waals surface area contributed by atoms with E-state index in [0.717, 1.165) is 31.9 Å². The molecule has 106 valence electrons. The zero-order chi connectivity index (χ0) is 14.1. The largest absolute Gasteiger partial charge is 0.497 e. The molecule has 0 N–H and O–H groups in total. The highest BCUT2D eigenvalue weighted by atomic mass is 16.5. The average Bonchev–Trinajstić information content (AvgIpc) is 2.48. The van der Waals surface area contributed by atoms with Crippen LogP contribution in [0.5, 0.6) is 5.75 Å². The summed E-state index contributed by atoms with van der Waals surface area (Å²) >= 11 is 0. The van der Waals surface area contributed by atoms with Gasteiger partial charge in [-0.1, -0.05) is 0 Å². The number of benzene rings is 1. The van der Waals surface area contributed by atoms with Crippen LogP contribution in [0.15, 0.2) is 33.7 Å². The Bertz CT molecular complexity index is 672. The van der Waals surface area contributed by atoms with Gasteiger partial charge in [-0.15, -0.1) is 0 Å². The van der Waals surface area contributed by atoms with Crippen LogP contribution in [0.1, 0.15) is 0 Å². The number of hydrogen-bond donors (Lipinski definition) is 0. The van der Waals surface area contributed by atoms with Gasteiger partial charge in [0, 0.05) is 38.3 Å². The minimum Gasteiger partial charge on any atom is -0.497 e. The van der Waals surface area contributed by atoms with Gasteiger partial charge < -0.3 is 19.0 Å². The van der Waals surface area contributed by atoms with Gasteiger partial charge in [0.1, 0.15) is 5.75 Å². The Labute approximate surface area is 117 Å². The van der Waals surface area contributed by atoms with Crippen LogP contribution in [0.3, 0.4) is 0 Å². The first-order valence-electron chi connectivity index (χ1n) is 6.72. The predicted molar refractivity (Wildman–Crippen MR) is 78.7 cm³/mol. The quantitative estimate of drug-likeness (QED) is 0.831. The third-order valence-corrected chi connectivity index (χ3v) is 3.79. The number of piperazine rings is 1. The third kappa shape index (κ3) is 2.25. The first kappa shape index (κ1) is 13.0. The van der Waals surface area contributed by atoms with Crippen molar-refractivity contribution in [2.45, 2.75) is 0 Å². The molecule has 1 aliphatic rings. The molecule has 1 aliphatic heterocycles. The van der Waals surface area contributed by atoms with Crippen molar-refractivity contribution in [2.24, 2.45) is 0 Å². The molecule has 0 atom stereocenters. The lowest BCUT2D eigenvalue weighted by Gasteiger charge is -2.34. The highest BCUT2D eigenvalue weighted by Gasteiger charge is 2.19. The molecule has 0 spiro atoms. The number of hydrogen-bond acceptors (Lipinski definition) is 5. The van der Waals surface area contributed by atoms with Crippen molar-refractivity contribution in [3.63, 3.8) is 0 Å². The molecule has 1 aromatic heterocycles. The van der Waals surface area contributed by atoms with Gasteiger partial charge >= 0.3 is 0 Å². The number of anilines is 1. The first-order valence-corrected chi connectivity index (χ1v) is 6.72. The summed E-state index contributed by atoms with van der Waals surface area (Å²) in [6, 6.07) is 5.12. The average molecular weight is 274 g/mol. The van der Waals surface area contributed by atoms with E-state index < -0.39 is 0 Å². The van der Waals surface area contributed by atoms with Crippen molar-refractivity contribution in [3.8, 4) is 5.75 Å². The van der Waals surface area contributed by atoms with E-state index in [4.69, 9.17) is 9.15 Å². The van der Waals surface area contributed by atoms with E-state index in [1.54, 1.807) is 13.2 Å². The first-order chi connectivity index (χ1) is 9.69. The number of nitrogens with zero attached hydrogens (tertiary/aromatic N) is 2. The SMILES string of the molecule is COc1cc(N2CCN(C)CC2)c2occc(=O)c2c1. The Hall–Kier alpha value is -2.01. The van der Waals surface area contributed by atoms with E-state index in [2.05, 4.69) is 16.8 Å². The van der Waals surface area contributed by atoms with E-state index in [1.165, 1.54) is 12.3 Å². The van der Waals surface area contributed by atoms with E-state index in [-0.39, 0.29) is 5.43 Å². The van der Waals surface area contributed by atoms with Crippen molar-refractivity contribution in [3.05, 3.63) is 34.7 Å². The van der Waals surface area contributed by atoms with Crippen LogP contribution >= 0.6 is 0 Å². The van der Waals surface area contributed by atoms with Gasteiger partial charge in [0.25, 0.3) is 0 Å². The molecule has 0 unspecified atom stereocenters. The van der Waals surface area contributed by atoms with Gasteiger partial charge in [-0.05, 0) is 13.1 Å². The van der Waals surface area contributed by atoms with Gasteiger partial charge in [0.15, 0.2) is 11.0 Å². The number of ether oxygens (including phenoxy) is 1. The summed E-state index contributed by atoms with van der Waals surface area (Å²) in [5, 5.41) is 0.570. The van der Waals surface area contributed by atoms with Crippen molar-refractivity contribution < 1.29 is 9.15 Å². The molecule has 1 saturated heterocycles. The summed E-state index contributed by atoms with van der Waals surface area (Å²) in [6.07, 6.45) is 1.46. The molecule has 3 rings (SSSR count). The summed E-state index contributed by atoms with van der Waals surface area (Å²) in [4.78, 5) is 16.5. The number of rotatable bonds is 2. The van der Waals surface area contributed by atoms with Crippen LogP contribution in [0, 0.1) is 0 Å². The van der Waals surface area contributed by atoms with Crippen LogP contribution in [0.4, 0.5) is 5.69 Å². The Morgan fingerprint density at radius 1 is 1.20 bits per heavy atom. The Morgan fingerprint density at radius 2 is 1.95 bits per heavy atom. The molecule has 1 fully saturated rings. The molecule has 5 nitrogen and oxygen atoms in total. The summed E-state index contributed by atoms with van der Waals surface area (Å²) in [5.74, 6) is 0.685. The molecule has 5 heteroatoms. The molecule has 0 bridgehead atoms. The zero-order valence-corrected chi connectivity index (χ0v) is 11.8. The monoisotopic (exact) mass is 274 g/mol. The van der Waals surface area contributed by atoms with Crippen molar-refractivity contribution >= 4 is 16.7 Å². The molecular formula is C15H18N2O3. The topological polar surface area (TPSA) is 45.9 Å². The molecule has 0 radical (unpaired) electrons. The maximum atomic E-state index is 12.0. The molecule has 1 aromatic carbocycles. The Kier molecular flexibility index (Phi) is 3.36. The van der Waals surface area contributed by atoms with Crippen molar-refractivity contribution in [1.82, 2.24) is 4.90 Å². The van der Waals surface area contributed by atoms with E-state index in [1.807, 2.05) is 6.07 Å². The van der Waals surface area contributed by atoms with Gasteiger partial charge in [-0.3, -0.25) is 4.79 Å². The molecule has 0 saturated carbocycles. The molecule has 20 heavy (non-hydrogen) atoms. The highest BCUT2D eigenvalue weighted by molar-refractivity contribution is 5.90. The maximum absolute atomic E-state index is 12.0. The van der Waals surface area contributed by atoms with Gasteiger partial charge in [0.2, 0.25) is 0 Å². The van der Waals surface area contributed by atoms with Gasteiger partial charge in [-0.25, -0.2) is 0 Å². The smallest absolute Gasteiger partial charge is 0.192 e. The summed E-state index contributed by atoms with van der Waals surface area (Å²) in [7, 11) is 3.72. The molecule has 0 amide bonds. The summed E-state index contributed by atoms with van der Waals surface area (Å²) < 4.78 is 10.9. The fraction of sp³-hybridized carbons (Fsp3) is 0.400. The van der Waals surface area contributed by atoms with Crippen molar-refractivity contribution in [1.29, 1.82) is 0 Å². The van der Waals surface area contributed by atoms with E-state index in [0.29, 0.717) is 16.7 Å². The highest BCUT2D eigenvalue weighted by Crippen LogP contribution is 2.31. The molecule has 0 aliphatic carbocycles. The number of likely N-dealkylation sites (N-methyl/N-ethyl adjacent to an activating group) is 1. The van der Waals surface area contributed by atoms with Crippen LogP contribution in [0.25, 0.3) is 11.0 Å². The van der Waals surface area contributed by atoms with E-state index >= 15 is 0 Å². The fourth-order valence-corrected chi connectivity index (χ4v) is 2.55. The fourth-order valence-electron chi connectivity index (χ4n) is 2.55. The maximum Gasteiger partial charge on any atom is 0.192 e. The number of methoxy groups -OCH3 is 1. The lowest BCUT2D eigenvalue weighted by Crippen LogP contribution is -2.44. The second-order valence-electron chi connectivity index (χ2n) is 5.10. The minimum atomic E-state index is -0.0412. The molecule has 2 aromatic rings. The molecular weight excluding hydrogens is 256 g/mol. The summed E-state index contributed by atoms with van der Waals surface area (Å²) in [6.45, 7) is 3.82. The zero-order valence-electron chi connectivity index (χ0n) is 11.8. The van der Waals surface area contributed by atoms with Crippen LogP contribution < -0.4 is 15.1 Å². The third-order valence-electron chi connectivity index (χ3n) is 3.79. The Morgan fingerprint density at radius 3 is 2.65 bits per heavy atom. The standard InChI is InChI=1S/C15H18N2O3/c1-16-4-6-17(7-5-16)13-10-11(19-2)9-12-14(18)3-8-20-15(12)13/h3,8-10H,4-7H2,1-2H3. The second-order valence-corrected chi connectivity index (χ2v) is 5.10.